The summed E-state index contributed by atoms with van der Waals surface area (Å²) in [6.07, 6.45) is -10.1. The second kappa shape index (κ2) is 8.42. The first-order chi connectivity index (χ1) is 14.8. The van der Waals surface area contributed by atoms with E-state index in [0.29, 0.717) is 5.56 Å². The molecule has 0 unspecified atom stereocenters. The Labute approximate surface area is 176 Å². The SMILES string of the molecule is O=C1c2ccc(O)cc2O[C@H](c2ccc(O)cc2)[C@H]1O[C@@H]1O[C@H](CO)[C@@H](O)[C@H](O)[C@H]1O. The molecule has 1 saturated heterocycles. The molecule has 166 valence electrons. The number of rotatable bonds is 4. The Morgan fingerprint density at radius 2 is 1.58 bits per heavy atom. The van der Waals surface area contributed by atoms with Crippen molar-refractivity contribution in [3.05, 3.63) is 53.6 Å². The van der Waals surface area contributed by atoms with Crippen LogP contribution in [0.3, 0.4) is 0 Å². The van der Waals surface area contributed by atoms with Crippen molar-refractivity contribution in [1.29, 1.82) is 0 Å². The first kappa shape index (κ1) is 21.5. The minimum absolute atomic E-state index is 0.00432. The third-order valence-corrected chi connectivity index (χ3v) is 5.37. The molecular weight excluding hydrogens is 412 g/mol. The van der Waals surface area contributed by atoms with Crippen LogP contribution < -0.4 is 4.74 Å². The van der Waals surface area contributed by atoms with Crippen LogP contribution in [0.4, 0.5) is 0 Å². The molecule has 0 saturated carbocycles. The van der Waals surface area contributed by atoms with Crippen LogP contribution in [-0.4, -0.2) is 79.8 Å². The summed E-state index contributed by atoms with van der Waals surface area (Å²) in [6.45, 7) is -0.649. The van der Waals surface area contributed by atoms with E-state index in [1.165, 1.54) is 42.5 Å². The maximum Gasteiger partial charge on any atom is 0.199 e. The average molecular weight is 434 g/mol. The highest BCUT2D eigenvalue weighted by molar-refractivity contribution is 6.03. The smallest absolute Gasteiger partial charge is 0.199 e. The number of carbonyl (C=O) groups excluding carboxylic acids is 1. The highest BCUT2D eigenvalue weighted by Gasteiger charge is 2.48. The topological polar surface area (TPSA) is 166 Å². The molecule has 31 heavy (non-hydrogen) atoms. The Bertz CT molecular complexity index is 944. The van der Waals surface area contributed by atoms with Crippen molar-refractivity contribution in [2.75, 3.05) is 6.61 Å². The molecule has 0 spiro atoms. The molecule has 0 bridgehead atoms. The van der Waals surface area contributed by atoms with Gasteiger partial charge in [-0.05, 0) is 29.8 Å². The summed E-state index contributed by atoms with van der Waals surface area (Å²) >= 11 is 0. The van der Waals surface area contributed by atoms with Gasteiger partial charge in [0, 0.05) is 6.07 Å². The van der Waals surface area contributed by atoms with Gasteiger partial charge in [0.15, 0.2) is 24.3 Å². The fourth-order valence-corrected chi connectivity index (χ4v) is 3.67. The average Bonchev–Trinajstić information content (AvgIpc) is 2.76. The molecule has 6 N–H and O–H groups in total. The summed E-state index contributed by atoms with van der Waals surface area (Å²) < 4.78 is 17.0. The molecular formula is C21H22O10. The molecule has 10 nitrogen and oxygen atoms in total. The Morgan fingerprint density at radius 1 is 0.903 bits per heavy atom. The van der Waals surface area contributed by atoms with Crippen molar-refractivity contribution >= 4 is 5.78 Å². The van der Waals surface area contributed by atoms with Crippen LogP contribution in [0.25, 0.3) is 0 Å². The number of phenolic OH excluding ortho intramolecular Hbond substituents is 2. The summed E-state index contributed by atoms with van der Waals surface area (Å²) in [6, 6.07) is 9.79. The second-order valence-corrected chi connectivity index (χ2v) is 7.43. The van der Waals surface area contributed by atoms with Crippen molar-refractivity contribution in [2.24, 2.45) is 0 Å². The van der Waals surface area contributed by atoms with Gasteiger partial charge in [-0.1, -0.05) is 12.1 Å². The maximum absolute atomic E-state index is 13.2. The van der Waals surface area contributed by atoms with E-state index in [9.17, 15) is 35.4 Å². The number of aliphatic hydroxyl groups is 4. The van der Waals surface area contributed by atoms with Gasteiger partial charge >= 0.3 is 0 Å². The molecule has 1 fully saturated rings. The number of ether oxygens (including phenoxy) is 3. The van der Waals surface area contributed by atoms with E-state index in [4.69, 9.17) is 14.2 Å². The number of Topliss-reactive ketones (excluding diaryl/α,β-unsaturated/α-hetero) is 1. The standard InChI is InChI=1S/C21H22O10/c22-8-14-16(26)17(27)18(28)21(30-14)31-20-15(25)12-6-5-11(24)7-13(12)29-19(20)9-1-3-10(23)4-2-9/h1-7,14,16-24,26-28H,8H2/t14-,16-,17+,18-,19-,20+,21+/m1/s1. The molecule has 2 heterocycles. The van der Waals surface area contributed by atoms with Crippen molar-refractivity contribution < 1.29 is 49.6 Å². The lowest BCUT2D eigenvalue weighted by Crippen LogP contribution is -2.60. The quantitative estimate of drug-likeness (QED) is 0.373. The number of ketones is 1. The molecule has 0 aromatic heterocycles. The number of phenols is 2. The molecule has 7 atom stereocenters. The lowest BCUT2D eigenvalue weighted by atomic mass is 9.92. The minimum atomic E-state index is -1.70. The van der Waals surface area contributed by atoms with E-state index in [1.807, 2.05) is 0 Å². The summed E-state index contributed by atoms with van der Waals surface area (Å²) in [5.41, 5.74) is 0.581. The van der Waals surface area contributed by atoms with E-state index in [2.05, 4.69) is 0 Å². The normalized spacial score (nSPS) is 32.9. The van der Waals surface area contributed by atoms with Crippen LogP contribution >= 0.6 is 0 Å². The first-order valence-electron chi connectivity index (χ1n) is 9.59. The Hall–Kier alpha value is -2.73. The van der Waals surface area contributed by atoms with Gasteiger partial charge in [-0.3, -0.25) is 4.79 Å². The summed E-state index contributed by atoms with van der Waals surface area (Å²) in [4.78, 5) is 13.2. The third-order valence-electron chi connectivity index (χ3n) is 5.37. The Kier molecular flexibility index (Phi) is 5.84. The largest absolute Gasteiger partial charge is 0.508 e. The zero-order valence-electron chi connectivity index (χ0n) is 16.1. The zero-order chi connectivity index (χ0) is 22.3. The van der Waals surface area contributed by atoms with Crippen LogP contribution in [0.15, 0.2) is 42.5 Å². The predicted molar refractivity (Wildman–Crippen MR) is 103 cm³/mol. The fraction of sp³-hybridized carbons (Fsp3) is 0.381. The number of fused-ring (bicyclic) bond motifs is 1. The minimum Gasteiger partial charge on any atom is -0.508 e. The lowest BCUT2D eigenvalue weighted by molar-refractivity contribution is -0.311. The van der Waals surface area contributed by atoms with E-state index in [0.717, 1.165) is 0 Å². The van der Waals surface area contributed by atoms with Gasteiger partial charge in [0.2, 0.25) is 0 Å². The van der Waals surface area contributed by atoms with Gasteiger partial charge in [-0.2, -0.15) is 0 Å². The molecule has 0 amide bonds. The third kappa shape index (κ3) is 3.97. The number of carbonyl (C=O) groups is 1. The van der Waals surface area contributed by atoms with Crippen molar-refractivity contribution in [2.45, 2.75) is 42.9 Å². The molecule has 2 aromatic carbocycles. The van der Waals surface area contributed by atoms with Gasteiger partial charge in [-0.15, -0.1) is 0 Å². The number of aromatic hydroxyl groups is 2. The highest BCUT2D eigenvalue weighted by atomic mass is 16.7. The highest BCUT2D eigenvalue weighted by Crippen LogP contribution is 2.40. The van der Waals surface area contributed by atoms with Gasteiger partial charge in [0.25, 0.3) is 0 Å². The summed E-state index contributed by atoms with van der Waals surface area (Å²) in [5.74, 6) is -0.521. The molecule has 10 heteroatoms. The molecule has 0 aliphatic carbocycles. The fourth-order valence-electron chi connectivity index (χ4n) is 3.67. The van der Waals surface area contributed by atoms with Crippen LogP contribution in [0.2, 0.25) is 0 Å². The molecule has 2 aliphatic heterocycles. The lowest BCUT2D eigenvalue weighted by Gasteiger charge is -2.42. The first-order valence-corrected chi connectivity index (χ1v) is 9.59. The van der Waals surface area contributed by atoms with Crippen LogP contribution in [0.1, 0.15) is 22.0 Å². The Balaban J connectivity index is 1.69. The molecule has 2 aliphatic rings. The van der Waals surface area contributed by atoms with Crippen molar-refractivity contribution in [1.82, 2.24) is 0 Å². The van der Waals surface area contributed by atoms with E-state index in [-0.39, 0.29) is 22.8 Å². The Morgan fingerprint density at radius 3 is 2.26 bits per heavy atom. The summed E-state index contributed by atoms with van der Waals surface area (Å²) in [7, 11) is 0. The van der Waals surface area contributed by atoms with Crippen LogP contribution in [0.5, 0.6) is 17.2 Å². The van der Waals surface area contributed by atoms with E-state index < -0.39 is 55.3 Å². The molecule has 0 radical (unpaired) electrons. The van der Waals surface area contributed by atoms with Gasteiger partial charge in [-0.25, -0.2) is 0 Å². The van der Waals surface area contributed by atoms with Gasteiger partial charge in [0.05, 0.1) is 12.2 Å². The monoisotopic (exact) mass is 434 g/mol. The van der Waals surface area contributed by atoms with E-state index in [1.54, 1.807) is 0 Å². The van der Waals surface area contributed by atoms with Crippen LogP contribution in [-0.2, 0) is 9.47 Å². The molecule has 2 aromatic rings. The van der Waals surface area contributed by atoms with E-state index >= 15 is 0 Å². The number of hydrogen-bond acceptors (Lipinski definition) is 10. The van der Waals surface area contributed by atoms with Crippen molar-refractivity contribution in [3.8, 4) is 17.2 Å². The van der Waals surface area contributed by atoms with Crippen molar-refractivity contribution in [3.63, 3.8) is 0 Å². The summed E-state index contributed by atoms with van der Waals surface area (Å²) in [5, 5.41) is 59.0. The zero-order valence-corrected chi connectivity index (χ0v) is 16.1. The number of aliphatic hydroxyl groups excluding tert-OH is 4. The number of hydrogen-bond donors (Lipinski definition) is 6. The number of benzene rings is 2. The molecule has 4 rings (SSSR count). The van der Waals surface area contributed by atoms with Gasteiger partial charge in [0.1, 0.15) is 41.7 Å². The predicted octanol–water partition coefficient (Wildman–Crippen LogP) is -0.401. The maximum atomic E-state index is 13.2. The second-order valence-electron chi connectivity index (χ2n) is 7.43. The van der Waals surface area contributed by atoms with Crippen LogP contribution in [0, 0.1) is 0 Å². The van der Waals surface area contributed by atoms with Gasteiger partial charge < -0.3 is 44.8 Å².